The number of hydrogen-bond donors (Lipinski definition) is 1. The number of hydrogen-bond acceptors (Lipinski definition) is 5. The lowest BCUT2D eigenvalue weighted by atomic mass is 9.69. The minimum Gasteiger partial charge on any atom is -0.496 e. The third kappa shape index (κ3) is 4.91. The second-order valence-electron chi connectivity index (χ2n) is 8.49. The molecule has 31 heavy (non-hydrogen) atoms. The number of rotatable bonds is 7. The first kappa shape index (κ1) is 24.0. The molecule has 3 rings (SSSR count). The van der Waals surface area contributed by atoms with Gasteiger partial charge in [0.25, 0.3) is 0 Å². The summed E-state index contributed by atoms with van der Waals surface area (Å²) in [6.45, 7) is 0.621. The predicted molar refractivity (Wildman–Crippen MR) is 123 cm³/mol. The Morgan fingerprint density at radius 1 is 1.16 bits per heavy atom. The number of nitrogens with zero attached hydrogens (tertiary/aromatic N) is 2. The molecule has 0 saturated heterocycles. The van der Waals surface area contributed by atoms with Crippen molar-refractivity contribution in [3.8, 4) is 5.75 Å². The fraction of sp³-hybridized carbons (Fsp3) is 0.478. The maximum atomic E-state index is 13.2. The Kier molecular flexibility index (Phi) is 7.33. The molecule has 0 heterocycles. The Hall–Kier alpha value is -1.64. The smallest absolute Gasteiger partial charge is 0.243 e. The number of benzene rings is 2. The van der Waals surface area contributed by atoms with Crippen LogP contribution >= 0.6 is 11.6 Å². The molecule has 1 N–H and O–H groups in total. The van der Waals surface area contributed by atoms with E-state index in [1.165, 1.54) is 10.4 Å². The standard InChI is InChI=1S/C23H31ClN2O4S/c1-25(2)16-17-14-19(26(3)31(28,29)20-9-7-8-18(24)15-20)12-13-23(17,27)21-10-5-6-11-22(21)30-4/h5-11,15,17,19,27H,12-14,16H2,1-4H3. The maximum Gasteiger partial charge on any atom is 0.243 e. The molecule has 3 unspecified atom stereocenters. The monoisotopic (exact) mass is 466 g/mol. The van der Waals surface area contributed by atoms with E-state index in [0.717, 1.165) is 5.56 Å². The Bertz CT molecular complexity index is 1010. The summed E-state index contributed by atoms with van der Waals surface area (Å²) < 4.78 is 33.4. The van der Waals surface area contributed by atoms with E-state index in [4.69, 9.17) is 16.3 Å². The van der Waals surface area contributed by atoms with Crippen LogP contribution in [0.25, 0.3) is 0 Å². The van der Waals surface area contributed by atoms with E-state index in [1.54, 1.807) is 32.4 Å². The topological polar surface area (TPSA) is 70.1 Å². The van der Waals surface area contributed by atoms with Crippen molar-refractivity contribution < 1.29 is 18.3 Å². The number of methoxy groups -OCH3 is 1. The summed E-state index contributed by atoms with van der Waals surface area (Å²) in [5.74, 6) is 0.474. The highest BCUT2D eigenvalue weighted by Gasteiger charge is 2.47. The molecule has 1 aliphatic carbocycles. The van der Waals surface area contributed by atoms with Gasteiger partial charge in [0.05, 0.1) is 17.6 Å². The molecule has 0 amide bonds. The van der Waals surface area contributed by atoms with Gasteiger partial charge >= 0.3 is 0 Å². The van der Waals surface area contributed by atoms with Crippen LogP contribution in [0.5, 0.6) is 5.75 Å². The summed E-state index contributed by atoms with van der Waals surface area (Å²) in [6.07, 6.45) is 1.50. The Morgan fingerprint density at radius 3 is 2.52 bits per heavy atom. The van der Waals surface area contributed by atoms with Crippen LogP contribution < -0.4 is 4.74 Å². The van der Waals surface area contributed by atoms with Crippen molar-refractivity contribution >= 4 is 21.6 Å². The van der Waals surface area contributed by atoms with Gasteiger partial charge in [-0.05, 0) is 57.6 Å². The molecule has 0 aromatic heterocycles. The molecule has 1 saturated carbocycles. The molecule has 2 aromatic rings. The molecule has 2 aromatic carbocycles. The highest BCUT2D eigenvalue weighted by Crippen LogP contribution is 2.46. The van der Waals surface area contributed by atoms with E-state index in [2.05, 4.69) is 0 Å². The van der Waals surface area contributed by atoms with Crippen LogP contribution in [0.4, 0.5) is 0 Å². The first-order valence-electron chi connectivity index (χ1n) is 10.3. The summed E-state index contributed by atoms with van der Waals surface area (Å²) in [5, 5.41) is 12.2. The van der Waals surface area contributed by atoms with E-state index in [-0.39, 0.29) is 16.9 Å². The van der Waals surface area contributed by atoms with Gasteiger partial charge in [0, 0.05) is 36.1 Å². The minimum absolute atomic E-state index is 0.172. The van der Waals surface area contributed by atoms with Crippen LogP contribution in [0.3, 0.4) is 0 Å². The fourth-order valence-electron chi connectivity index (χ4n) is 4.58. The lowest BCUT2D eigenvalue weighted by molar-refractivity contribution is -0.0756. The largest absolute Gasteiger partial charge is 0.496 e. The van der Waals surface area contributed by atoms with Crippen molar-refractivity contribution in [2.75, 3.05) is 34.8 Å². The van der Waals surface area contributed by atoms with Gasteiger partial charge in [-0.2, -0.15) is 4.31 Å². The van der Waals surface area contributed by atoms with E-state index in [1.807, 2.05) is 43.3 Å². The zero-order chi connectivity index (χ0) is 22.8. The van der Waals surface area contributed by atoms with Crippen molar-refractivity contribution in [3.05, 3.63) is 59.1 Å². The van der Waals surface area contributed by atoms with Gasteiger partial charge in [0.1, 0.15) is 5.75 Å². The van der Waals surface area contributed by atoms with Crippen LogP contribution in [0, 0.1) is 5.92 Å². The van der Waals surface area contributed by atoms with Crippen molar-refractivity contribution in [1.82, 2.24) is 9.21 Å². The van der Waals surface area contributed by atoms with E-state index in [9.17, 15) is 13.5 Å². The third-order valence-corrected chi connectivity index (χ3v) is 8.38. The molecule has 0 radical (unpaired) electrons. The van der Waals surface area contributed by atoms with Gasteiger partial charge in [-0.25, -0.2) is 8.42 Å². The van der Waals surface area contributed by atoms with Gasteiger partial charge in [0.2, 0.25) is 10.0 Å². The van der Waals surface area contributed by atoms with Crippen LogP contribution in [0.2, 0.25) is 5.02 Å². The maximum absolute atomic E-state index is 13.2. The van der Waals surface area contributed by atoms with E-state index >= 15 is 0 Å². The van der Waals surface area contributed by atoms with Gasteiger partial charge in [-0.3, -0.25) is 0 Å². The van der Waals surface area contributed by atoms with Crippen LogP contribution in [0.1, 0.15) is 24.8 Å². The average molecular weight is 467 g/mol. The van der Waals surface area contributed by atoms with Gasteiger partial charge in [-0.15, -0.1) is 0 Å². The SMILES string of the molecule is COc1ccccc1C1(O)CCC(N(C)S(=O)(=O)c2cccc(Cl)c2)CC1CN(C)C. The van der Waals surface area contributed by atoms with Crippen molar-refractivity contribution in [2.24, 2.45) is 5.92 Å². The zero-order valence-corrected chi connectivity index (χ0v) is 20.0. The summed E-state index contributed by atoms with van der Waals surface area (Å²) in [4.78, 5) is 2.20. The summed E-state index contributed by atoms with van der Waals surface area (Å²) >= 11 is 6.02. The van der Waals surface area contributed by atoms with Crippen LogP contribution in [-0.4, -0.2) is 63.6 Å². The third-order valence-electron chi connectivity index (χ3n) is 6.24. The van der Waals surface area contributed by atoms with Crippen LogP contribution in [0.15, 0.2) is 53.4 Å². The number of sulfonamides is 1. The van der Waals surface area contributed by atoms with Crippen molar-refractivity contribution in [3.63, 3.8) is 0 Å². The predicted octanol–water partition coefficient (Wildman–Crippen LogP) is 3.59. The Labute approximate surface area is 190 Å². The van der Waals surface area contributed by atoms with Crippen molar-refractivity contribution in [1.29, 1.82) is 0 Å². The highest BCUT2D eigenvalue weighted by molar-refractivity contribution is 7.89. The van der Waals surface area contributed by atoms with Gasteiger partial charge in [-0.1, -0.05) is 35.9 Å². The molecule has 1 aliphatic rings. The molecule has 170 valence electrons. The molecular weight excluding hydrogens is 436 g/mol. The second kappa shape index (κ2) is 9.46. The molecule has 0 aliphatic heterocycles. The summed E-state index contributed by atoms with van der Waals surface area (Å²) in [7, 11) is 3.42. The normalized spacial score (nSPS) is 24.5. The minimum atomic E-state index is -3.70. The average Bonchev–Trinajstić information content (AvgIpc) is 2.74. The Morgan fingerprint density at radius 2 is 1.87 bits per heavy atom. The summed E-state index contributed by atoms with van der Waals surface area (Å²) in [6, 6.07) is 13.6. The lowest BCUT2D eigenvalue weighted by Gasteiger charge is -2.46. The van der Waals surface area contributed by atoms with Gasteiger partial charge in [0.15, 0.2) is 0 Å². The molecular formula is C23H31ClN2O4S. The lowest BCUT2D eigenvalue weighted by Crippen LogP contribution is -2.51. The highest BCUT2D eigenvalue weighted by atomic mass is 35.5. The first-order chi connectivity index (χ1) is 14.6. The zero-order valence-electron chi connectivity index (χ0n) is 18.5. The molecule has 3 atom stereocenters. The molecule has 6 nitrogen and oxygen atoms in total. The number of halogens is 1. The molecule has 0 spiro atoms. The molecule has 0 bridgehead atoms. The van der Waals surface area contributed by atoms with Gasteiger partial charge < -0.3 is 14.7 Å². The van der Waals surface area contributed by atoms with E-state index < -0.39 is 15.6 Å². The quantitative estimate of drug-likeness (QED) is 0.675. The first-order valence-corrected chi connectivity index (χ1v) is 12.2. The van der Waals surface area contributed by atoms with E-state index in [0.29, 0.717) is 36.6 Å². The van der Waals surface area contributed by atoms with Crippen LogP contribution in [-0.2, 0) is 15.6 Å². The van der Waals surface area contributed by atoms with Crippen molar-refractivity contribution in [2.45, 2.75) is 35.8 Å². The molecule has 8 heteroatoms. The second-order valence-corrected chi connectivity index (χ2v) is 10.9. The number of para-hydroxylation sites is 1. The fourth-order valence-corrected chi connectivity index (χ4v) is 6.27. The summed E-state index contributed by atoms with van der Waals surface area (Å²) in [5.41, 5.74) is -0.350. The number of aliphatic hydroxyl groups is 1. The number of ether oxygens (including phenoxy) is 1. The molecule has 1 fully saturated rings. The Balaban J connectivity index is 1.92.